The fourth-order valence-electron chi connectivity index (χ4n) is 4.41. The van der Waals surface area contributed by atoms with Crippen LogP contribution in [0.1, 0.15) is 25.7 Å². The van der Waals surface area contributed by atoms with Crippen molar-refractivity contribution < 1.29 is 0 Å². The molecule has 0 aromatic heterocycles. The zero-order valence-electron chi connectivity index (χ0n) is 9.18. The molecule has 2 saturated carbocycles. The summed E-state index contributed by atoms with van der Waals surface area (Å²) in [5.74, 6) is 5.56. The minimum absolute atomic E-state index is 0.915. The summed E-state index contributed by atoms with van der Waals surface area (Å²) in [7, 11) is 2.74. The lowest BCUT2D eigenvalue weighted by Crippen LogP contribution is -2.17. The second-order valence-corrected chi connectivity index (χ2v) is 6.08. The molecule has 0 nitrogen and oxygen atoms in total. The van der Waals surface area contributed by atoms with Crippen molar-refractivity contribution in [2.75, 3.05) is 0 Å². The summed E-state index contributed by atoms with van der Waals surface area (Å²) in [6.45, 7) is 0. The molecule has 4 aliphatic carbocycles. The van der Waals surface area contributed by atoms with Crippen LogP contribution in [-0.2, 0) is 0 Å². The molecule has 4 aliphatic rings. The van der Waals surface area contributed by atoms with E-state index in [2.05, 4.69) is 31.6 Å². The average molecular weight is 197 g/mol. The fourth-order valence-corrected chi connectivity index (χ4v) is 4.41. The molecule has 0 aliphatic heterocycles. The van der Waals surface area contributed by atoms with Gasteiger partial charge in [-0.1, -0.05) is 48.8 Å². The van der Waals surface area contributed by atoms with Crippen molar-refractivity contribution in [2.24, 2.45) is 23.7 Å². The predicted molar refractivity (Wildman–Crippen MR) is 64.0 cm³/mol. The van der Waals surface area contributed by atoms with Gasteiger partial charge < -0.3 is 0 Å². The normalized spacial score (nSPS) is 54.4. The van der Waals surface area contributed by atoms with Crippen molar-refractivity contribution in [1.82, 2.24) is 0 Å². The molecule has 0 aromatic carbocycles. The van der Waals surface area contributed by atoms with Gasteiger partial charge in [-0.05, 0) is 36.5 Å². The highest BCUT2D eigenvalue weighted by molar-refractivity contribution is 6.40. The van der Waals surface area contributed by atoms with Crippen molar-refractivity contribution in [3.63, 3.8) is 0 Å². The Bertz CT molecular complexity index is 298. The van der Waals surface area contributed by atoms with Crippen LogP contribution in [0.3, 0.4) is 0 Å². The lowest BCUT2D eigenvalue weighted by Gasteiger charge is -2.24. The van der Waals surface area contributed by atoms with Crippen LogP contribution < -0.4 is 0 Å². The van der Waals surface area contributed by atoms with Gasteiger partial charge in [-0.3, -0.25) is 0 Å². The molecule has 4 rings (SSSR count). The Morgan fingerprint density at radius 2 is 1.20 bits per heavy atom. The maximum Gasteiger partial charge on any atom is 0.119 e. The van der Waals surface area contributed by atoms with Gasteiger partial charge in [-0.15, -0.1) is 0 Å². The molecule has 4 bridgehead atoms. The van der Waals surface area contributed by atoms with Crippen LogP contribution in [-0.4, -0.2) is 7.28 Å². The third kappa shape index (κ3) is 1.28. The Labute approximate surface area is 93.1 Å². The minimum atomic E-state index is 0.915. The predicted octanol–water partition coefficient (Wildman–Crippen LogP) is 3.46. The van der Waals surface area contributed by atoms with E-state index in [0.717, 1.165) is 35.3 Å². The number of hydrogen-bond acceptors (Lipinski definition) is 0. The Balaban J connectivity index is 1.45. The van der Waals surface area contributed by atoms with Gasteiger partial charge in [-0.2, -0.15) is 0 Å². The first-order valence-electron chi connectivity index (χ1n) is 6.60. The molecule has 0 N–H and O–H groups in total. The summed E-state index contributed by atoms with van der Waals surface area (Å²) in [5, 5.41) is 0. The first-order chi connectivity index (χ1) is 7.38. The van der Waals surface area contributed by atoms with E-state index in [1.807, 2.05) is 0 Å². The molecule has 0 heterocycles. The van der Waals surface area contributed by atoms with Gasteiger partial charge >= 0.3 is 0 Å². The molecule has 1 radical (unpaired) electrons. The van der Waals surface area contributed by atoms with Crippen LogP contribution in [0.15, 0.2) is 24.3 Å². The van der Waals surface area contributed by atoms with Crippen LogP contribution in [0.5, 0.6) is 0 Å². The Hall–Kier alpha value is -0.455. The quantitative estimate of drug-likeness (QED) is 0.469. The first-order valence-corrected chi connectivity index (χ1v) is 6.60. The summed E-state index contributed by atoms with van der Waals surface area (Å²) in [5.41, 5.74) is 0. The third-order valence-corrected chi connectivity index (χ3v) is 5.15. The van der Waals surface area contributed by atoms with Gasteiger partial charge in [-0.25, -0.2) is 0 Å². The van der Waals surface area contributed by atoms with E-state index in [0.29, 0.717) is 0 Å². The van der Waals surface area contributed by atoms with E-state index < -0.39 is 0 Å². The number of hydrogen-bond donors (Lipinski definition) is 0. The third-order valence-electron chi connectivity index (χ3n) is 5.15. The maximum absolute atomic E-state index is 2.74. The number of allylic oxidation sites excluding steroid dienone is 4. The van der Waals surface area contributed by atoms with Gasteiger partial charge in [0.25, 0.3) is 0 Å². The molecular weight excluding hydrogens is 179 g/mol. The van der Waals surface area contributed by atoms with Gasteiger partial charge in [0.2, 0.25) is 0 Å². The Kier molecular flexibility index (Phi) is 1.75. The van der Waals surface area contributed by atoms with Gasteiger partial charge in [0, 0.05) is 0 Å². The molecule has 0 spiro atoms. The van der Waals surface area contributed by atoms with E-state index in [-0.39, 0.29) is 0 Å². The molecule has 6 unspecified atom stereocenters. The highest BCUT2D eigenvalue weighted by Crippen LogP contribution is 2.53. The summed E-state index contributed by atoms with van der Waals surface area (Å²) in [6, 6.07) is 0. The van der Waals surface area contributed by atoms with Gasteiger partial charge in [0.05, 0.1) is 0 Å². The van der Waals surface area contributed by atoms with Crippen molar-refractivity contribution >= 4 is 7.28 Å². The first kappa shape index (κ1) is 8.67. The molecule has 0 aromatic rings. The standard InChI is InChI=1S/C14H18B/c1-3-11-5-9(1)7-13(11)15-14-8-10-2-4-12(14)6-10/h1-4,9-14H,5-8H2. The summed E-state index contributed by atoms with van der Waals surface area (Å²) >= 11 is 0. The second-order valence-electron chi connectivity index (χ2n) is 6.08. The second kappa shape index (κ2) is 3.03. The lowest BCUT2D eigenvalue weighted by atomic mass is 9.48. The topological polar surface area (TPSA) is 0 Å². The molecular formula is C14H18B. The summed E-state index contributed by atoms with van der Waals surface area (Å²) < 4.78 is 0. The molecule has 77 valence electrons. The Morgan fingerprint density at radius 3 is 1.53 bits per heavy atom. The molecule has 2 fully saturated rings. The van der Waals surface area contributed by atoms with Crippen LogP contribution in [0, 0.1) is 23.7 Å². The Morgan fingerprint density at radius 1 is 0.667 bits per heavy atom. The zero-order valence-corrected chi connectivity index (χ0v) is 9.18. The van der Waals surface area contributed by atoms with Crippen LogP contribution >= 0.6 is 0 Å². The van der Waals surface area contributed by atoms with E-state index in [9.17, 15) is 0 Å². The van der Waals surface area contributed by atoms with Crippen LogP contribution in [0.2, 0.25) is 11.6 Å². The maximum atomic E-state index is 2.74. The zero-order chi connectivity index (χ0) is 9.83. The number of rotatable bonds is 2. The average Bonchev–Trinajstić information content (AvgIpc) is 2.96. The SMILES string of the molecule is [B](C1CC2C=CC1C2)C1CC2C=CC1C2. The smallest absolute Gasteiger partial charge is 0.0856 e. The molecule has 1 heteroatoms. The highest BCUT2D eigenvalue weighted by atomic mass is 14.4. The lowest BCUT2D eigenvalue weighted by molar-refractivity contribution is 0.637. The summed E-state index contributed by atoms with van der Waals surface area (Å²) in [6.07, 6.45) is 15.7. The van der Waals surface area contributed by atoms with Crippen molar-refractivity contribution in [3.8, 4) is 0 Å². The van der Waals surface area contributed by atoms with E-state index in [1.54, 1.807) is 0 Å². The summed E-state index contributed by atoms with van der Waals surface area (Å²) in [4.78, 5) is 0. The molecule has 0 saturated heterocycles. The monoisotopic (exact) mass is 197 g/mol. The molecule has 15 heavy (non-hydrogen) atoms. The minimum Gasteiger partial charge on any atom is -0.0856 e. The van der Waals surface area contributed by atoms with Crippen molar-refractivity contribution in [2.45, 2.75) is 37.3 Å². The van der Waals surface area contributed by atoms with Crippen molar-refractivity contribution in [1.29, 1.82) is 0 Å². The van der Waals surface area contributed by atoms with Gasteiger partial charge in [0.15, 0.2) is 0 Å². The van der Waals surface area contributed by atoms with Crippen LogP contribution in [0.25, 0.3) is 0 Å². The van der Waals surface area contributed by atoms with Crippen LogP contribution in [0.4, 0.5) is 0 Å². The fraction of sp³-hybridized carbons (Fsp3) is 0.714. The largest absolute Gasteiger partial charge is 0.119 e. The molecule has 6 atom stereocenters. The van der Waals surface area contributed by atoms with Gasteiger partial charge in [0.1, 0.15) is 7.28 Å². The van der Waals surface area contributed by atoms with E-state index in [4.69, 9.17) is 0 Å². The van der Waals surface area contributed by atoms with E-state index in [1.165, 1.54) is 25.7 Å². The highest BCUT2D eigenvalue weighted by Gasteiger charge is 2.42. The molecule has 0 amide bonds. The number of fused-ring (bicyclic) bond motifs is 4. The van der Waals surface area contributed by atoms with E-state index >= 15 is 0 Å². The van der Waals surface area contributed by atoms with Crippen molar-refractivity contribution in [3.05, 3.63) is 24.3 Å².